The molecule has 3 N–H and O–H groups in total. The lowest BCUT2D eigenvalue weighted by atomic mass is 10.1. The van der Waals surface area contributed by atoms with Gasteiger partial charge in [0.15, 0.2) is 17.5 Å². The normalized spacial score (nSPS) is 11.2. The Morgan fingerprint density at radius 3 is 2.58 bits per heavy atom. The predicted molar refractivity (Wildman–Crippen MR) is 92.8 cm³/mol. The number of halogens is 1. The lowest BCUT2D eigenvalue weighted by molar-refractivity contribution is 0.408. The second-order valence-corrected chi connectivity index (χ2v) is 5.38. The van der Waals surface area contributed by atoms with E-state index in [-0.39, 0.29) is 5.75 Å². The van der Waals surface area contributed by atoms with Crippen molar-refractivity contribution in [3.63, 3.8) is 0 Å². The summed E-state index contributed by atoms with van der Waals surface area (Å²) in [5.41, 5.74) is 2.86. The first kappa shape index (κ1) is 17.6. The molecule has 2 aromatic carbocycles. The van der Waals surface area contributed by atoms with Crippen LogP contribution in [0.1, 0.15) is 16.7 Å². The van der Waals surface area contributed by atoms with Crippen molar-refractivity contribution in [1.29, 1.82) is 0 Å². The molecule has 0 aromatic heterocycles. The van der Waals surface area contributed by atoms with Crippen LogP contribution < -0.4 is 15.4 Å². The molecule has 0 radical (unpaired) electrons. The number of guanidine groups is 1. The van der Waals surface area contributed by atoms with Crippen LogP contribution >= 0.6 is 0 Å². The molecule has 6 heteroatoms. The summed E-state index contributed by atoms with van der Waals surface area (Å²) in [5.74, 6) is 0.416. The highest BCUT2D eigenvalue weighted by Gasteiger charge is 2.06. The summed E-state index contributed by atoms with van der Waals surface area (Å²) in [6.07, 6.45) is 0. The van der Waals surface area contributed by atoms with E-state index in [1.54, 1.807) is 20.2 Å². The quantitative estimate of drug-likeness (QED) is 0.582. The number of nitrogens with zero attached hydrogens (tertiary/aromatic N) is 1. The van der Waals surface area contributed by atoms with Gasteiger partial charge in [-0.2, -0.15) is 0 Å². The van der Waals surface area contributed by atoms with Crippen LogP contribution in [-0.2, 0) is 13.1 Å². The zero-order valence-electron chi connectivity index (χ0n) is 14.1. The standard InChI is InChI=1S/C18H22FN3O2/c1-12-4-6-14(17(8-12)24-3)11-22-18(20-2)21-10-13-5-7-16(23)15(19)9-13/h4-9,23H,10-11H2,1-3H3,(H2,20,21,22). The molecule has 0 fully saturated rings. The number of phenolic OH excluding ortho intramolecular Hbond substituents is 1. The van der Waals surface area contributed by atoms with Gasteiger partial charge in [0, 0.05) is 25.7 Å². The number of nitrogens with one attached hydrogen (secondary N) is 2. The van der Waals surface area contributed by atoms with Gasteiger partial charge < -0.3 is 20.5 Å². The molecule has 5 nitrogen and oxygen atoms in total. The highest BCUT2D eigenvalue weighted by atomic mass is 19.1. The van der Waals surface area contributed by atoms with Gasteiger partial charge in [0.1, 0.15) is 5.75 Å². The second kappa shape index (κ2) is 8.19. The lowest BCUT2D eigenvalue weighted by Gasteiger charge is -2.14. The number of ether oxygens (including phenoxy) is 1. The molecule has 2 rings (SSSR count). The van der Waals surface area contributed by atoms with E-state index in [2.05, 4.69) is 15.6 Å². The number of aromatic hydroxyl groups is 1. The molecular weight excluding hydrogens is 309 g/mol. The zero-order valence-corrected chi connectivity index (χ0v) is 14.1. The minimum Gasteiger partial charge on any atom is -0.505 e. The minimum absolute atomic E-state index is 0.354. The maximum absolute atomic E-state index is 13.3. The summed E-state index contributed by atoms with van der Waals surface area (Å²) in [5, 5.41) is 15.5. The highest BCUT2D eigenvalue weighted by Crippen LogP contribution is 2.19. The maximum Gasteiger partial charge on any atom is 0.191 e. The van der Waals surface area contributed by atoms with Crippen LogP contribution in [-0.4, -0.2) is 25.2 Å². The van der Waals surface area contributed by atoms with Gasteiger partial charge >= 0.3 is 0 Å². The second-order valence-electron chi connectivity index (χ2n) is 5.38. The van der Waals surface area contributed by atoms with Crippen LogP contribution in [0.25, 0.3) is 0 Å². The number of benzene rings is 2. The molecule has 0 saturated carbocycles. The molecule has 0 saturated heterocycles. The average Bonchev–Trinajstić information content (AvgIpc) is 2.58. The molecule has 2 aromatic rings. The first-order valence-electron chi connectivity index (χ1n) is 7.59. The van der Waals surface area contributed by atoms with Gasteiger partial charge in [-0.3, -0.25) is 4.99 Å². The van der Waals surface area contributed by atoms with Gasteiger partial charge in [-0.15, -0.1) is 0 Å². The molecule has 0 heterocycles. The molecule has 128 valence electrons. The van der Waals surface area contributed by atoms with E-state index in [1.807, 2.05) is 25.1 Å². The predicted octanol–water partition coefficient (Wildman–Crippen LogP) is 2.71. The van der Waals surface area contributed by atoms with Crippen LogP contribution in [0.2, 0.25) is 0 Å². The van der Waals surface area contributed by atoms with E-state index in [1.165, 1.54) is 12.1 Å². The van der Waals surface area contributed by atoms with Crippen molar-refractivity contribution < 1.29 is 14.2 Å². The third kappa shape index (κ3) is 4.62. The van der Waals surface area contributed by atoms with Gasteiger partial charge in [-0.05, 0) is 36.2 Å². The fourth-order valence-electron chi connectivity index (χ4n) is 2.24. The highest BCUT2D eigenvalue weighted by molar-refractivity contribution is 5.79. The molecule has 0 aliphatic rings. The molecule has 24 heavy (non-hydrogen) atoms. The van der Waals surface area contributed by atoms with Crippen molar-refractivity contribution in [2.45, 2.75) is 20.0 Å². The van der Waals surface area contributed by atoms with Crippen molar-refractivity contribution in [2.24, 2.45) is 4.99 Å². The number of hydrogen-bond donors (Lipinski definition) is 3. The van der Waals surface area contributed by atoms with Gasteiger partial charge in [0.05, 0.1) is 7.11 Å². The topological polar surface area (TPSA) is 65.9 Å². The van der Waals surface area contributed by atoms with Crippen molar-refractivity contribution in [3.8, 4) is 11.5 Å². The van der Waals surface area contributed by atoms with E-state index in [4.69, 9.17) is 4.74 Å². The number of rotatable bonds is 5. The molecule has 0 aliphatic heterocycles. The van der Waals surface area contributed by atoms with E-state index >= 15 is 0 Å². The third-order valence-electron chi connectivity index (χ3n) is 3.58. The number of hydrogen-bond acceptors (Lipinski definition) is 3. The fraction of sp³-hybridized carbons (Fsp3) is 0.278. The third-order valence-corrected chi connectivity index (χ3v) is 3.58. The van der Waals surface area contributed by atoms with Crippen LogP contribution in [0.5, 0.6) is 11.5 Å². The van der Waals surface area contributed by atoms with Gasteiger partial charge in [0.25, 0.3) is 0 Å². The fourth-order valence-corrected chi connectivity index (χ4v) is 2.24. The summed E-state index contributed by atoms with van der Waals surface area (Å²) < 4.78 is 18.7. The first-order valence-corrected chi connectivity index (χ1v) is 7.59. The van der Waals surface area contributed by atoms with Crippen LogP contribution in [0.3, 0.4) is 0 Å². The molecule has 0 unspecified atom stereocenters. The van der Waals surface area contributed by atoms with Crippen LogP contribution in [0.4, 0.5) is 4.39 Å². The molecule has 0 aliphatic carbocycles. The summed E-state index contributed by atoms with van der Waals surface area (Å²) >= 11 is 0. The Bertz CT molecular complexity index is 732. The Labute approximate surface area is 141 Å². The Hall–Kier alpha value is -2.76. The largest absolute Gasteiger partial charge is 0.505 e. The first-order chi connectivity index (χ1) is 11.5. The van der Waals surface area contributed by atoms with Crippen molar-refractivity contribution in [2.75, 3.05) is 14.2 Å². The monoisotopic (exact) mass is 331 g/mol. The van der Waals surface area contributed by atoms with Crippen molar-refractivity contribution >= 4 is 5.96 Å². The molecule has 0 amide bonds. The minimum atomic E-state index is -0.637. The Morgan fingerprint density at radius 1 is 1.17 bits per heavy atom. The summed E-state index contributed by atoms with van der Waals surface area (Å²) in [4.78, 5) is 4.14. The molecule has 0 atom stereocenters. The van der Waals surface area contributed by atoms with Crippen LogP contribution in [0, 0.1) is 12.7 Å². The summed E-state index contributed by atoms with van der Waals surface area (Å²) in [7, 11) is 3.31. The number of aliphatic imine (C=N–C) groups is 1. The van der Waals surface area contributed by atoms with E-state index in [0.29, 0.717) is 24.6 Å². The SMILES string of the molecule is CN=C(NCc1ccc(O)c(F)c1)NCc1ccc(C)cc1OC. The van der Waals surface area contributed by atoms with Crippen LogP contribution in [0.15, 0.2) is 41.4 Å². The number of aryl methyl sites for hydroxylation is 1. The molecule has 0 bridgehead atoms. The number of methoxy groups -OCH3 is 1. The molecular formula is C18H22FN3O2. The maximum atomic E-state index is 13.3. The van der Waals surface area contributed by atoms with Crippen molar-refractivity contribution in [3.05, 3.63) is 58.9 Å². The van der Waals surface area contributed by atoms with E-state index in [9.17, 15) is 9.50 Å². The van der Waals surface area contributed by atoms with E-state index in [0.717, 1.165) is 16.9 Å². The summed E-state index contributed by atoms with van der Waals surface area (Å²) in [6, 6.07) is 10.3. The summed E-state index contributed by atoms with van der Waals surface area (Å²) in [6.45, 7) is 2.95. The molecule has 0 spiro atoms. The van der Waals surface area contributed by atoms with E-state index < -0.39 is 5.82 Å². The number of phenols is 1. The Balaban J connectivity index is 1.94. The van der Waals surface area contributed by atoms with Gasteiger partial charge in [0.2, 0.25) is 0 Å². The van der Waals surface area contributed by atoms with Gasteiger partial charge in [-0.1, -0.05) is 18.2 Å². The lowest BCUT2D eigenvalue weighted by Crippen LogP contribution is -2.36. The van der Waals surface area contributed by atoms with Gasteiger partial charge in [-0.25, -0.2) is 4.39 Å². The average molecular weight is 331 g/mol. The Morgan fingerprint density at radius 2 is 1.92 bits per heavy atom. The smallest absolute Gasteiger partial charge is 0.191 e. The Kier molecular flexibility index (Phi) is 6.01. The zero-order chi connectivity index (χ0) is 17.5. The van der Waals surface area contributed by atoms with Crippen molar-refractivity contribution in [1.82, 2.24) is 10.6 Å².